The van der Waals surface area contributed by atoms with Crippen molar-refractivity contribution in [1.82, 2.24) is 0 Å². The van der Waals surface area contributed by atoms with Crippen molar-refractivity contribution in [2.45, 2.75) is 85.0 Å². The maximum absolute atomic E-state index is 6.46. The molecule has 0 heterocycles. The van der Waals surface area contributed by atoms with Gasteiger partial charge in [0.05, 0.1) is 0 Å². The molecule has 27 heavy (non-hydrogen) atoms. The second-order valence-electron chi connectivity index (χ2n) is 8.20. The van der Waals surface area contributed by atoms with Crippen LogP contribution in [-0.2, 0) is 6.42 Å². The summed E-state index contributed by atoms with van der Waals surface area (Å²) < 4.78 is 0. The largest absolute Gasteiger partial charge is 0.399 e. The molecular formula is C25H38N2. The molecule has 0 aromatic heterocycles. The number of hydrogen-bond acceptors (Lipinski definition) is 2. The van der Waals surface area contributed by atoms with E-state index in [-0.39, 0.29) is 0 Å². The van der Waals surface area contributed by atoms with Gasteiger partial charge in [-0.25, -0.2) is 0 Å². The number of rotatable bonds is 8. The lowest BCUT2D eigenvalue weighted by molar-refractivity contribution is 0.671. The van der Waals surface area contributed by atoms with Crippen molar-refractivity contribution < 1.29 is 0 Å². The number of anilines is 2. The first-order valence-electron chi connectivity index (χ1n) is 10.6. The van der Waals surface area contributed by atoms with Gasteiger partial charge in [0.1, 0.15) is 0 Å². The molecule has 0 bridgehead atoms. The van der Waals surface area contributed by atoms with Gasteiger partial charge < -0.3 is 11.5 Å². The highest BCUT2D eigenvalue weighted by atomic mass is 14.6. The molecule has 0 amide bonds. The van der Waals surface area contributed by atoms with Crippen molar-refractivity contribution in [2.75, 3.05) is 11.5 Å². The van der Waals surface area contributed by atoms with Crippen LogP contribution in [0.5, 0.6) is 0 Å². The normalized spacial score (nSPS) is 14.7. The predicted octanol–water partition coefficient (Wildman–Crippen LogP) is 6.98. The van der Waals surface area contributed by atoms with E-state index in [9.17, 15) is 0 Å². The molecule has 4 N–H and O–H groups in total. The van der Waals surface area contributed by atoms with Crippen LogP contribution in [0.1, 0.15) is 106 Å². The summed E-state index contributed by atoms with van der Waals surface area (Å²) in [6.07, 6.45) is 4.30. The van der Waals surface area contributed by atoms with E-state index < -0.39 is 0 Å². The zero-order chi connectivity index (χ0) is 20.1. The van der Waals surface area contributed by atoms with Gasteiger partial charge in [0, 0.05) is 11.4 Å². The summed E-state index contributed by atoms with van der Waals surface area (Å²) in [5, 5.41) is 0. The maximum atomic E-state index is 6.46. The van der Waals surface area contributed by atoms with Crippen molar-refractivity contribution in [2.24, 2.45) is 0 Å². The lowest BCUT2D eigenvalue weighted by Gasteiger charge is -2.26. The van der Waals surface area contributed by atoms with Gasteiger partial charge in [-0.1, -0.05) is 53.7 Å². The van der Waals surface area contributed by atoms with E-state index in [0.29, 0.717) is 17.8 Å². The summed E-state index contributed by atoms with van der Waals surface area (Å²) in [6.45, 7) is 13.7. The standard InChI is InChI=1S/C25H38N2/c1-7-16(4)22-15-21(26)12-10-19(22)14-20-11-13-23(27)25(18(6)9-3)24(20)17(5)8-2/h10-13,15-18H,7-9,14,26-27H2,1-6H3. The Bertz CT molecular complexity index is 763. The zero-order valence-electron chi connectivity index (χ0n) is 18.1. The lowest BCUT2D eigenvalue weighted by atomic mass is 9.80. The molecule has 0 aliphatic rings. The number of benzene rings is 2. The van der Waals surface area contributed by atoms with Crippen molar-refractivity contribution >= 4 is 11.4 Å². The average Bonchev–Trinajstić information content (AvgIpc) is 2.68. The highest BCUT2D eigenvalue weighted by molar-refractivity contribution is 5.58. The fourth-order valence-electron chi connectivity index (χ4n) is 4.05. The SMILES string of the molecule is CCC(C)c1cc(N)ccc1Cc1ccc(N)c(C(C)CC)c1C(C)CC. The van der Waals surface area contributed by atoms with Gasteiger partial charge in [0.2, 0.25) is 0 Å². The Kier molecular flexibility index (Phi) is 7.35. The van der Waals surface area contributed by atoms with Crippen LogP contribution in [0, 0.1) is 0 Å². The topological polar surface area (TPSA) is 52.0 Å². The van der Waals surface area contributed by atoms with Crippen LogP contribution in [0.15, 0.2) is 30.3 Å². The third kappa shape index (κ3) is 4.66. The average molecular weight is 367 g/mol. The van der Waals surface area contributed by atoms with E-state index in [1.165, 1.54) is 27.8 Å². The Labute approximate surface area is 166 Å². The first-order chi connectivity index (χ1) is 12.8. The van der Waals surface area contributed by atoms with Crippen LogP contribution in [0.25, 0.3) is 0 Å². The van der Waals surface area contributed by atoms with Gasteiger partial charge in [0.25, 0.3) is 0 Å². The molecule has 148 valence electrons. The van der Waals surface area contributed by atoms with Crippen LogP contribution in [0.2, 0.25) is 0 Å². The second kappa shape index (κ2) is 9.30. The monoisotopic (exact) mass is 366 g/mol. The third-order valence-corrected chi connectivity index (χ3v) is 6.32. The quantitative estimate of drug-likeness (QED) is 0.495. The summed E-state index contributed by atoms with van der Waals surface area (Å²) in [6, 6.07) is 10.8. The van der Waals surface area contributed by atoms with E-state index in [2.05, 4.69) is 65.8 Å². The Morgan fingerprint density at radius 1 is 0.704 bits per heavy atom. The minimum atomic E-state index is 0.481. The predicted molar refractivity (Wildman–Crippen MR) is 121 cm³/mol. The summed E-state index contributed by atoms with van der Waals surface area (Å²) in [7, 11) is 0. The minimum absolute atomic E-state index is 0.481. The first kappa shape index (κ1) is 21.3. The minimum Gasteiger partial charge on any atom is -0.399 e. The molecule has 0 spiro atoms. The Hall–Kier alpha value is -1.96. The first-order valence-corrected chi connectivity index (χ1v) is 10.6. The zero-order valence-corrected chi connectivity index (χ0v) is 18.1. The lowest BCUT2D eigenvalue weighted by Crippen LogP contribution is -2.11. The Morgan fingerprint density at radius 2 is 1.26 bits per heavy atom. The molecule has 0 aliphatic heterocycles. The highest BCUT2D eigenvalue weighted by Gasteiger charge is 2.21. The molecule has 2 aromatic rings. The van der Waals surface area contributed by atoms with E-state index in [4.69, 9.17) is 11.5 Å². The maximum Gasteiger partial charge on any atom is 0.0352 e. The van der Waals surface area contributed by atoms with Gasteiger partial charge in [-0.15, -0.1) is 0 Å². The van der Waals surface area contributed by atoms with Crippen LogP contribution in [0.3, 0.4) is 0 Å². The number of nitrogens with two attached hydrogens (primary N) is 2. The molecule has 0 saturated carbocycles. The number of nitrogen functional groups attached to an aromatic ring is 2. The molecule has 3 unspecified atom stereocenters. The molecule has 3 atom stereocenters. The summed E-state index contributed by atoms with van der Waals surface area (Å²) in [5.74, 6) is 1.50. The summed E-state index contributed by atoms with van der Waals surface area (Å²) in [5.41, 5.74) is 21.4. The molecule has 2 heteroatoms. The smallest absolute Gasteiger partial charge is 0.0352 e. The van der Waals surface area contributed by atoms with E-state index in [1.54, 1.807) is 0 Å². The van der Waals surface area contributed by atoms with Crippen LogP contribution < -0.4 is 11.5 Å². The van der Waals surface area contributed by atoms with Gasteiger partial charge in [-0.2, -0.15) is 0 Å². The second-order valence-corrected chi connectivity index (χ2v) is 8.20. The van der Waals surface area contributed by atoms with Crippen molar-refractivity contribution in [3.8, 4) is 0 Å². The molecular weight excluding hydrogens is 328 g/mol. The molecule has 2 nitrogen and oxygen atoms in total. The summed E-state index contributed by atoms with van der Waals surface area (Å²) >= 11 is 0. The Morgan fingerprint density at radius 3 is 1.85 bits per heavy atom. The van der Waals surface area contributed by atoms with Crippen molar-refractivity contribution in [3.63, 3.8) is 0 Å². The van der Waals surface area contributed by atoms with Gasteiger partial charge in [-0.05, 0) is 89.5 Å². The Balaban J connectivity index is 2.60. The van der Waals surface area contributed by atoms with Gasteiger partial charge in [0.15, 0.2) is 0 Å². The third-order valence-electron chi connectivity index (χ3n) is 6.32. The van der Waals surface area contributed by atoms with Crippen LogP contribution in [0.4, 0.5) is 11.4 Å². The van der Waals surface area contributed by atoms with Gasteiger partial charge >= 0.3 is 0 Å². The molecule has 0 saturated heterocycles. The fraction of sp³-hybridized carbons (Fsp3) is 0.520. The van der Waals surface area contributed by atoms with Gasteiger partial charge in [-0.3, -0.25) is 0 Å². The molecule has 0 fully saturated rings. The van der Waals surface area contributed by atoms with Crippen LogP contribution >= 0.6 is 0 Å². The van der Waals surface area contributed by atoms with Crippen LogP contribution in [-0.4, -0.2) is 0 Å². The molecule has 2 aromatic carbocycles. The number of hydrogen-bond donors (Lipinski definition) is 2. The molecule has 0 aliphatic carbocycles. The fourth-order valence-corrected chi connectivity index (χ4v) is 4.05. The molecule has 0 radical (unpaired) electrons. The van der Waals surface area contributed by atoms with Crippen molar-refractivity contribution in [3.05, 3.63) is 58.1 Å². The summed E-state index contributed by atoms with van der Waals surface area (Å²) in [4.78, 5) is 0. The van der Waals surface area contributed by atoms with E-state index in [1.807, 2.05) is 6.07 Å². The van der Waals surface area contributed by atoms with Crippen molar-refractivity contribution in [1.29, 1.82) is 0 Å². The highest BCUT2D eigenvalue weighted by Crippen LogP contribution is 2.38. The van der Waals surface area contributed by atoms with E-state index >= 15 is 0 Å². The molecule has 2 rings (SSSR count). The van der Waals surface area contributed by atoms with E-state index in [0.717, 1.165) is 37.1 Å².